The lowest BCUT2D eigenvalue weighted by Crippen LogP contribution is -2.59. The van der Waals surface area contributed by atoms with Crippen molar-refractivity contribution in [3.8, 4) is 0 Å². The molecule has 0 amide bonds. The maximum absolute atomic E-state index is 13.8. The summed E-state index contributed by atoms with van der Waals surface area (Å²) >= 11 is 0. The maximum atomic E-state index is 13.8. The minimum Gasteiger partial charge on any atom is -0.296 e. The number of rotatable bonds is 3. The average molecular weight is 314 g/mol. The fourth-order valence-electron chi connectivity index (χ4n) is 3.65. The molecule has 0 radical (unpaired) electrons. The predicted molar refractivity (Wildman–Crippen MR) is 86.0 cm³/mol. The first-order chi connectivity index (χ1) is 11.2. The number of fused-ring (bicyclic) bond motifs is 1. The van der Waals surface area contributed by atoms with Gasteiger partial charge in [0.1, 0.15) is 11.6 Å². The van der Waals surface area contributed by atoms with Crippen molar-refractivity contribution >= 4 is 0 Å². The third-order valence-electron chi connectivity index (χ3n) is 5.01. The van der Waals surface area contributed by atoms with Crippen LogP contribution in [0.5, 0.6) is 0 Å². The zero-order chi connectivity index (χ0) is 15.8. The molecule has 0 unspecified atom stereocenters. The molecule has 0 spiro atoms. The molecule has 0 N–H and O–H groups in total. The van der Waals surface area contributed by atoms with E-state index in [2.05, 4.69) is 9.80 Å². The van der Waals surface area contributed by atoms with E-state index in [9.17, 15) is 8.78 Å². The summed E-state index contributed by atoms with van der Waals surface area (Å²) in [5.41, 5.74) is 3.18. The first-order valence-corrected chi connectivity index (χ1v) is 8.16. The summed E-state index contributed by atoms with van der Waals surface area (Å²) in [7, 11) is 0. The van der Waals surface area contributed by atoms with Crippen LogP contribution < -0.4 is 0 Å². The molecule has 0 bridgehead atoms. The second kappa shape index (κ2) is 6.02. The molecule has 0 aliphatic carbocycles. The van der Waals surface area contributed by atoms with Crippen molar-refractivity contribution in [1.82, 2.24) is 9.80 Å². The fraction of sp³-hybridized carbons (Fsp3) is 0.368. The Morgan fingerprint density at radius 3 is 2.57 bits per heavy atom. The van der Waals surface area contributed by atoms with E-state index in [1.165, 1.54) is 12.1 Å². The summed E-state index contributed by atoms with van der Waals surface area (Å²) in [5.74, 6) is -0.247. The van der Waals surface area contributed by atoms with Crippen LogP contribution in [0.1, 0.15) is 16.7 Å². The van der Waals surface area contributed by atoms with E-state index in [0.717, 1.165) is 55.8 Å². The lowest BCUT2D eigenvalue weighted by atomic mass is 9.96. The molecule has 0 atom stereocenters. The van der Waals surface area contributed by atoms with E-state index in [0.29, 0.717) is 6.04 Å². The van der Waals surface area contributed by atoms with Gasteiger partial charge in [-0.25, -0.2) is 8.78 Å². The van der Waals surface area contributed by atoms with Gasteiger partial charge in [0.15, 0.2) is 0 Å². The average Bonchev–Trinajstić information content (AvgIpc) is 2.52. The SMILES string of the molecule is Fc1ccc(CN2CC(N3CCc4c(F)cccc4C3)C2)cc1. The Bertz CT molecular complexity index is 693. The Morgan fingerprint density at radius 1 is 1.00 bits per heavy atom. The molecule has 4 heteroatoms. The molecule has 2 aromatic carbocycles. The van der Waals surface area contributed by atoms with E-state index in [1.807, 2.05) is 18.2 Å². The van der Waals surface area contributed by atoms with E-state index < -0.39 is 0 Å². The van der Waals surface area contributed by atoms with Crippen molar-refractivity contribution in [2.24, 2.45) is 0 Å². The largest absolute Gasteiger partial charge is 0.296 e. The van der Waals surface area contributed by atoms with Gasteiger partial charge in [-0.1, -0.05) is 24.3 Å². The highest BCUT2D eigenvalue weighted by Gasteiger charge is 2.33. The normalized spacial score (nSPS) is 19.4. The molecule has 2 aliphatic heterocycles. The Kier molecular flexibility index (Phi) is 3.87. The van der Waals surface area contributed by atoms with Crippen LogP contribution in [0.15, 0.2) is 42.5 Å². The second-order valence-corrected chi connectivity index (χ2v) is 6.57. The van der Waals surface area contributed by atoms with E-state index in [-0.39, 0.29) is 11.6 Å². The van der Waals surface area contributed by atoms with Gasteiger partial charge in [-0.3, -0.25) is 9.80 Å². The number of halogens is 2. The van der Waals surface area contributed by atoms with Crippen LogP contribution in [-0.2, 0) is 19.5 Å². The van der Waals surface area contributed by atoms with Crippen LogP contribution in [0.4, 0.5) is 8.78 Å². The molecular weight excluding hydrogens is 294 g/mol. The van der Waals surface area contributed by atoms with Crippen molar-refractivity contribution < 1.29 is 8.78 Å². The number of nitrogens with zero attached hydrogens (tertiary/aromatic N) is 2. The van der Waals surface area contributed by atoms with E-state index in [4.69, 9.17) is 0 Å². The van der Waals surface area contributed by atoms with Crippen LogP contribution in [0.25, 0.3) is 0 Å². The fourth-order valence-corrected chi connectivity index (χ4v) is 3.65. The van der Waals surface area contributed by atoms with Crippen LogP contribution in [-0.4, -0.2) is 35.5 Å². The van der Waals surface area contributed by atoms with E-state index in [1.54, 1.807) is 12.1 Å². The molecule has 1 saturated heterocycles. The highest BCUT2D eigenvalue weighted by atomic mass is 19.1. The number of hydrogen-bond acceptors (Lipinski definition) is 2. The smallest absolute Gasteiger partial charge is 0.126 e. The predicted octanol–water partition coefficient (Wildman–Crippen LogP) is 3.21. The van der Waals surface area contributed by atoms with Crippen LogP contribution in [0, 0.1) is 11.6 Å². The Hall–Kier alpha value is -1.78. The van der Waals surface area contributed by atoms with Crippen molar-refractivity contribution in [2.45, 2.75) is 25.6 Å². The van der Waals surface area contributed by atoms with Crippen molar-refractivity contribution in [1.29, 1.82) is 0 Å². The molecule has 0 saturated carbocycles. The maximum Gasteiger partial charge on any atom is 0.126 e. The standard InChI is InChI=1S/C19H20F2N2/c20-16-6-4-14(5-7-16)10-22-12-17(13-22)23-9-8-18-15(11-23)2-1-3-19(18)21/h1-7,17H,8-13H2. The van der Waals surface area contributed by atoms with Crippen LogP contribution in [0.3, 0.4) is 0 Å². The Balaban J connectivity index is 1.33. The summed E-state index contributed by atoms with van der Waals surface area (Å²) < 4.78 is 26.7. The van der Waals surface area contributed by atoms with Gasteiger partial charge in [-0.15, -0.1) is 0 Å². The first kappa shape index (κ1) is 14.8. The summed E-state index contributed by atoms with van der Waals surface area (Å²) in [5, 5.41) is 0. The van der Waals surface area contributed by atoms with Crippen LogP contribution >= 0.6 is 0 Å². The zero-order valence-electron chi connectivity index (χ0n) is 13.0. The number of benzene rings is 2. The van der Waals surface area contributed by atoms with Crippen molar-refractivity contribution in [2.75, 3.05) is 19.6 Å². The second-order valence-electron chi connectivity index (χ2n) is 6.57. The Morgan fingerprint density at radius 2 is 1.78 bits per heavy atom. The van der Waals surface area contributed by atoms with Crippen molar-refractivity contribution in [3.63, 3.8) is 0 Å². The molecule has 23 heavy (non-hydrogen) atoms. The molecule has 2 aromatic rings. The number of hydrogen-bond donors (Lipinski definition) is 0. The van der Waals surface area contributed by atoms with Gasteiger partial charge in [0.25, 0.3) is 0 Å². The van der Waals surface area contributed by atoms with Crippen LogP contribution in [0.2, 0.25) is 0 Å². The topological polar surface area (TPSA) is 6.48 Å². The minimum absolute atomic E-state index is 0.0614. The van der Waals surface area contributed by atoms with Gasteiger partial charge < -0.3 is 0 Å². The van der Waals surface area contributed by atoms with Gasteiger partial charge in [0.05, 0.1) is 0 Å². The molecule has 2 heterocycles. The summed E-state index contributed by atoms with van der Waals surface area (Å²) in [6, 6.07) is 12.7. The van der Waals surface area contributed by atoms with Gasteiger partial charge in [0.2, 0.25) is 0 Å². The minimum atomic E-state index is -0.186. The lowest BCUT2D eigenvalue weighted by Gasteiger charge is -2.47. The van der Waals surface area contributed by atoms with Gasteiger partial charge in [0, 0.05) is 38.8 Å². The quantitative estimate of drug-likeness (QED) is 0.858. The van der Waals surface area contributed by atoms with Gasteiger partial charge in [-0.05, 0) is 41.3 Å². The molecule has 2 aliphatic rings. The molecule has 4 rings (SSSR count). The van der Waals surface area contributed by atoms with Gasteiger partial charge in [-0.2, -0.15) is 0 Å². The Labute approximate surface area is 135 Å². The van der Waals surface area contributed by atoms with Crippen molar-refractivity contribution in [3.05, 3.63) is 70.8 Å². The third kappa shape index (κ3) is 3.01. The molecule has 1 fully saturated rings. The molecular formula is C19H20F2N2. The molecule has 120 valence electrons. The zero-order valence-corrected chi connectivity index (χ0v) is 13.0. The lowest BCUT2D eigenvalue weighted by molar-refractivity contribution is 0.0206. The third-order valence-corrected chi connectivity index (χ3v) is 5.01. The molecule has 0 aromatic heterocycles. The summed E-state index contributed by atoms with van der Waals surface area (Å²) in [6.45, 7) is 4.71. The first-order valence-electron chi connectivity index (χ1n) is 8.16. The summed E-state index contributed by atoms with van der Waals surface area (Å²) in [6.07, 6.45) is 0.802. The number of likely N-dealkylation sites (tertiary alicyclic amines) is 1. The van der Waals surface area contributed by atoms with E-state index >= 15 is 0 Å². The highest BCUT2D eigenvalue weighted by molar-refractivity contribution is 5.31. The molecule has 2 nitrogen and oxygen atoms in total. The van der Waals surface area contributed by atoms with Gasteiger partial charge >= 0.3 is 0 Å². The monoisotopic (exact) mass is 314 g/mol. The highest BCUT2D eigenvalue weighted by Crippen LogP contribution is 2.26. The summed E-state index contributed by atoms with van der Waals surface area (Å²) in [4.78, 5) is 4.84.